The Morgan fingerprint density at radius 1 is 0.636 bits per heavy atom. The van der Waals surface area contributed by atoms with Crippen molar-refractivity contribution in [3.8, 4) is 0 Å². The van der Waals surface area contributed by atoms with Gasteiger partial charge in [-0.05, 0) is 0 Å². The van der Waals surface area contributed by atoms with E-state index in [2.05, 4.69) is 0 Å². The Hall–Kier alpha value is 0.266. The Balaban J connectivity index is -0.00000000356. The molecule has 0 atom stereocenters. The predicted molar refractivity (Wildman–Crippen MR) is 35.4 cm³/mol. The molecule has 0 aliphatic rings. The summed E-state index contributed by atoms with van der Waals surface area (Å²) in [6, 6.07) is 0. The Labute approximate surface area is 77.3 Å². The molecule has 0 saturated heterocycles. The molecule has 0 saturated carbocycles. The van der Waals surface area contributed by atoms with Crippen LogP contribution in [0.3, 0.4) is 0 Å². The van der Waals surface area contributed by atoms with Crippen LogP contribution in [0.5, 0.6) is 0 Å². The van der Waals surface area contributed by atoms with Crippen molar-refractivity contribution in [3.05, 3.63) is 0 Å². The van der Waals surface area contributed by atoms with Gasteiger partial charge in [0.2, 0.25) is 0 Å². The molecule has 0 rings (SSSR count). The summed E-state index contributed by atoms with van der Waals surface area (Å²) in [6.45, 7) is 0. The minimum atomic E-state index is 0. The molecule has 0 aromatic rings. The van der Waals surface area contributed by atoms with Crippen molar-refractivity contribution in [1.82, 2.24) is 0 Å². The predicted octanol–water partition coefficient (Wildman–Crippen LogP) is -4.48. The monoisotopic (exact) mass is 221 g/mol. The fourth-order valence-corrected chi connectivity index (χ4v) is 0. The molecule has 0 heterocycles. The van der Waals surface area contributed by atoms with E-state index in [1.165, 1.54) is 0 Å². The van der Waals surface area contributed by atoms with Crippen LogP contribution in [0.15, 0.2) is 0 Å². The third-order valence-electron chi connectivity index (χ3n) is 0. The molecule has 0 aliphatic carbocycles. The number of hydrogen-bond acceptors (Lipinski definition) is 4. The maximum Gasteiger partial charge on any atom is 0.0319 e. The Morgan fingerprint density at radius 3 is 0.636 bits per heavy atom. The zero-order valence-electron chi connectivity index (χ0n) is 7.04. The van der Waals surface area contributed by atoms with Crippen LogP contribution in [0.2, 0.25) is 0 Å². The average molecular weight is 221 g/mol. The largest absolute Gasteiger partial charge is 0.857 e. The molecule has 0 spiro atoms. The molecule has 0 aromatic heterocycles. The first kappa shape index (κ1) is 65.2. The summed E-state index contributed by atoms with van der Waals surface area (Å²) >= 11 is 0. The summed E-state index contributed by atoms with van der Waals surface area (Å²) in [5.41, 5.74) is 0. The molecular weight excluding hydrogens is 203 g/mol. The second-order valence-corrected chi connectivity index (χ2v) is 0. The van der Waals surface area contributed by atoms with Crippen LogP contribution in [-0.4, -0.2) is 49.6 Å². The van der Waals surface area contributed by atoms with Gasteiger partial charge >= 0.3 is 0 Å². The van der Waals surface area contributed by atoms with Gasteiger partial charge in [0.1, 0.15) is 0 Å². The molecule has 1 radical (unpaired) electrons. The second-order valence-electron chi connectivity index (χ2n) is 0. The number of aliphatic hydroxyl groups is 2. The maximum atomic E-state index is 8.25. The first-order valence-corrected chi connectivity index (χ1v) is 1.71. The van der Waals surface area contributed by atoms with Gasteiger partial charge in [0.25, 0.3) is 0 Å². The third-order valence-corrected chi connectivity index (χ3v) is 0. The quantitative estimate of drug-likeness (QED) is 0.423. The molecule has 0 fully saturated rings. The molecule has 6 N–H and O–H groups in total. The molecule has 6 nitrogen and oxygen atoms in total. The number of rotatable bonds is 0. The van der Waals surface area contributed by atoms with Crippen LogP contribution in [0.1, 0.15) is 0 Å². The Bertz CT molecular complexity index is 14.5. The van der Waals surface area contributed by atoms with E-state index >= 15 is 0 Å². The van der Waals surface area contributed by atoms with Gasteiger partial charge in [-0.3, -0.25) is 0 Å². The van der Waals surface area contributed by atoms with E-state index in [1.807, 2.05) is 0 Å². The number of aliphatic hydroxyl groups excluding tert-OH is 2. The molecule has 7 heteroatoms. The molecule has 0 amide bonds. The molecule has 0 aliphatic heterocycles. The van der Waals surface area contributed by atoms with E-state index in [0.29, 0.717) is 0 Å². The summed E-state index contributed by atoms with van der Waals surface area (Å²) in [5.74, 6) is 0. The van der Waals surface area contributed by atoms with E-state index < -0.39 is 0 Å². The SMILES string of the molecule is CO.CO.C[O-].C[O-].O.O.[Co]. The fraction of sp³-hybridized carbons (Fsp3) is 1.00. The van der Waals surface area contributed by atoms with Crippen LogP contribution in [0.25, 0.3) is 0 Å². The second kappa shape index (κ2) is 12400. The van der Waals surface area contributed by atoms with Crippen molar-refractivity contribution < 1.29 is 48.2 Å². The summed E-state index contributed by atoms with van der Waals surface area (Å²) in [6.07, 6.45) is 0. The van der Waals surface area contributed by atoms with Crippen LogP contribution in [-0.2, 0) is 16.8 Å². The third kappa shape index (κ3) is 9880. The Morgan fingerprint density at radius 2 is 0.636 bits per heavy atom. The van der Waals surface area contributed by atoms with E-state index in [1.54, 1.807) is 0 Å². The molecule has 11 heavy (non-hydrogen) atoms. The summed E-state index contributed by atoms with van der Waals surface area (Å²) in [4.78, 5) is 0. The molecular formula is C4H18CoO6-2. The van der Waals surface area contributed by atoms with E-state index in [9.17, 15) is 0 Å². The van der Waals surface area contributed by atoms with Crippen LogP contribution in [0.4, 0.5) is 0 Å². The number of hydrogen-bond donors (Lipinski definition) is 2. The minimum absolute atomic E-state index is 0. The normalized spacial score (nSPS) is 2.18. The van der Waals surface area contributed by atoms with E-state index in [4.69, 9.17) is 20.4 Å². The maximum absolute atomic E-state index is 8.25. The fourth-order valence-electron chi connectivity index (χ4n) is 0. The van der Waals surface area contributed by atoms with Gasteiger partial charge in [-0.25, -0.2) is 0 Å². The minimum Gasteiger partial charge on any atom is -0.857 e. The van der Waals surface area contributed by atoms with Gasteiger partial charge in [0.15, 0.2) is 0 Å². The smallest absolute Gasteiger partial charge is 0.0319 e. The van der Waals surface area contributed by atoms with Gasteiger partial charge in [-0.15, -0.1) is 0 Å². The van der Waals surface area contributed by atoms with Crippen molar-refractivity contribution in [1.29, 1.82) is 0 Å². The molecule has 0 unspecified atom stereocenters. The topological polar surface area (TPSA) is 150 Å². The molecule has 0 aromatic carbocycles. The van der Waals surface area contributed by atoms with Crippen molar-refractivity contribution >= 4 is 0 Å². The van der Waals surface area contributed by atoms with Gasteiger partial charge in [-0.2, -0.15) is 14.2 Å². The van der Waals surface area contributed by atoms with Gasteiger partial charge in [0.05, 0.1) is 0 Å². The van der Waals surface area contributed by atoms with Crippen LogP contribution < -0.4 is 10.2 Å². The summed E-state index contributed by atoms with van der Waals surface area (Å²) < 4.78 is 0. The van der Waals surface area contributed by atoms with E-state index in [-0.39, 0.29) is 27.7 Å². The first-order valence-electron chi connectivity index (χ1n) is 1.71. The zero-order valence-corrected chi connectivity index (χ0v) is 8.09. The van der Waals surface area contributed by atoms with Crippen molar-refractivity contribution in [2.24, 2.45) is 0 Å². The van der Waals surface area contributed by atoms with Gasteiger partial charge < -0.3 is 31.4 Å². The van der Waals surface area contributed by atoms with Gasteiger partial charge in [-0.1, -0.05) is 0 Å². The standard InChI is InChI=1S/2CH4O.2CH3O.Co.2H2O/c4*1-2;;;/h2*2H,1H3;2*1H3;;2*1H2/q;;2*-1;;;. The van der Waals surface area contributed by atoms with Gasteiger partial charge in [0, 0.05) is 31.0 Å². The first-order chi connectivity index (χ1) is 4.00. The van der Waals surface area contributed by atoms with Crippen LogP contribution >= 0.6 is 0 Å². The molecule has 81 valence electrons. The molecule has 0 bridgehead atoms. The zero-order chi connectivity index (χ0) is 8.00. The van der Waals surface area contributed by atoms with Crippen molar-refractivity contribution in [2.45, 2.75) is 0 Å². The van der Waals surface area contributed by atoms with Crippen molar-refractivity contribution in [2.75, 3.05) is 28.4 Å². The van der Waals surface area contributed by atoms with Crippen LogP contribution in [0, 0.1) is 0 Å². The Kier molecular flexibility index (Phi) is 73600. The summed E-state index contributed by atoms with van der Waals surface area (Å²) in [7, 11) is 3.50. The average Bonchev–Trinajstić information content (AvgIpc) is 2.03. The van der Waals surface area contributed by atoms with Crippen molar-refractivity contribution in [3.63, 3.8) is 0 Å². The summed E-state index contributed by atoms with van der Waals surface area (Å²) in [5, 5.41) is 30.5. The van der Waals surface area contributed by atoms with E-state index in [0.717, 1.165) is 28.4 Å².